The minimum Gasteiger partial charge on any atom is -0.478 e. The fourth-order valence-corrected chi connectivity index (χ4v) is 4.37. The lowest BCUT2D eigenvalue weighted by atomic mass is 9.87. The summed E-state index contributed by atoms with van der Waals surface area (Å²) in [5.74, 6) is 7.41. The van der Waals surface area contributed by atoms with Gasteiger partial charge in [0, 0.05) is 55.6 Å². The number of aromatic nitrogens is 3. The number of amidine groups is 1. The summed E-state index contributed by atoms with van der Waals surface area (Å²) >= 11 is 0. The van der Waals surface area contributed by atoms with Crippen molar-refractivity contribution in [3.8, 4) is 17.7 Å². The van der Waals surface area contributed by atoms with Gasteiger partial charge in [-0.3, -0.25) is 15.2 Å². The van der Waals surface area contributed by atoms with E-state index in [1.54, 1.807) is 4.52 Å². The molecule has 0 saturated carbocycles. The Morgan fingerprint density at radius 2 is 2.00 bits per heavy atom. The van der Waals surface area contributed by atoms with Crippen LogP contribution in [0.25, 0.3) is 5.65 Å². The summed E-state index contributed by atoms with van der Waals surface area (Å²) in [5, 5.41) is 17.8. The Morgan fingerprint density at radius 3 is 2.75 bits per heavy atom. The van der Waals surface area contributed by atoms with Gasteiger partial charge in [0.25, 0.3) is 0 Å². The van der Waals surface area contributed by atoms with Crippen molar-refractivity contribution in [3.63, 3.8) is 0 Å². The van der Waals surface area contributed by atoms with Crippen LogP contribution in [0.15, 0.2) is 47.6 Å². The minimum atomic E-state index is -1.09. The van der Waals surface area contributed by atoms with Crippen molar-refractivity contribution >= 4 is 17.2 Å². The number of aliphatic hydroxyl groups excluding tert-OH is 1. The predicted octanol–water partition coefficient (Wildman–Crippen LogP) is 2.66. The Morgan fingerprint density at radius 1 is 1.20 bits per heavy atom. The van der Waals surface area contributed by atoms with Crippen LogP contribution < -0.4 is 15.5 Å². The summed E-state index contributed by atoms with van der Waals surface area (Å²) in [6.45, 7) is 11.5. The van der Waals surface area contributed by atoms with Crippen molar-refractivity contribution in [2.24, 2.45) is 10.4 Å². The summed E-state index contributed by atoms with van der Waals surface area (Å²) < 4.78 is 12.9. The second-order valence-corrected chi connectivity index (χ2v) is 11.0. The molecule has 1 aromatic carbocycles. The lowest BCUT2D eigenvalue weighted by Crippen LogP contribution is -2.37. The zero-order valence-corrected chi connectivity index (χ0v) is 23.3. The molecular formula is C29H37N7O4. The smallest absolute Gasteiger partial charge is 0.224 e. The molecule has 2 saturated heterocycles. The van der Waals surface area contributed by atoms with Crippen LogP contribution in [-0.2, 0) is 9.57 Å². The first-order valence-corrected chi connectivity index (χ1v) is 13.7. The first-order chi connectivity index (χ1) is 19.3. The number of anilines is 1. The number of hydroxylamine groups is 1. The molecule has 40 heavy (non-hydrogen) atoms. The van der Waals surface area contributed by atoms with Crippen molar-refractivity contribution in [3.05, 3.63) is 53.9 Å². The van der Waals surface area contributed by atoms with Crippen LogP contribution in [0.2, 0.25) is 0 Å². The summed E-state index contributed by atoms with van der Waals surface area (Å²) in [5.41, 5.74) is 5.64. The second-order valence-electron chi connectivity index (χ2n) is 11.0. The monoisotopic (exact) mass is 547 g/mol. The van der Waals surface area contributed by atoms with Gasteiger partial charge >= 0.3 is 0 Å². The van der Waals surface area contributed by atoms with Gasteiger partial charge in [-0.1, -0.05) is 26.7 Å². The minimum absolute atomic E-state index is 0.00567. The van der Waals surface area contributed by atoms with Gasteiger partial charge in [0.2, 0.25) is 12.2 Å². The van der Waals surface area contributed by atoms with E-state index in [-0.39, 0.29) is 11.5 Å². The van der Waals surface area contributed by atoms with E-state index >= 15 is 0 Å². The molecule has 2 aromatic heterocycles. The molecule has 2 aliphatic heterocycles. The van der Waals surface area contributed by atoms with Gasteiger partial charge in [-0.2, -0.15) is 10.1 Å². The molecule has 0 amide bonds. The number of hydrogen-bond donors (Lipinski definition) is 3. The van der Waals surface area contributed by atoms with E-state index in [4.69, 9.17) is 14.3 Å². The van der Waals surface area contributed by atoms with Gasteiger partial charge < -0.3 is 19.9 Å². The first-order valence-electron chi connectivity index (χ1n) is 13.7. The normalized spacial score (nSPS) is 19.7. The van der Waals surface area contributed by atoms with Crippen molar-refractivity contribution in [2.45, 2.75) is 46.1 Å². The van der Waals surface area contributed by atoms with Gasteiger partial charge in [-0.05, 0) is 42.0 Å². The molecule has 0 aliphatic carbocycles. The van der Waals surface area contributed by atoms with E-state index < -0.39 is 6.35 Å². The van der Waals surface area contributed by atoms with Gasteiger partial charge in [-0.15, -0.1) is 0 Å². The third-order valence-electron chi connectivity index (χ3n) is 6.73. The Hall–Kier alpha value is -3.69. The van der Waals surface area contributed by atoms with Crippen molar-refractivity contribution in [2.75, 3.05) is 44.8 Å². The zero-order chi connectivity index (χ0) is 28.0. The average Bonchev–Trinajstić information content (AvgIpc) is 3.58. The number of aliphatic imine (C=N–C) groups is 1. The highest BCUT2D eigenvalue weighted by Gasteiger charge is 2.32. The lowest BCUT2D eigenvalue weighted by molar-refractivity contribution is -0.0199. The van der Waals surface area contributed by atoms with Crippen LogP contribution in [0.3, 0.4) is 0 Å². The average molecular weight is 548 g/mol. The SMILES string of the molecule is CC(C)(C)C1CC(=NC(O)Nc2ccc(C#Cc3cc4nc(OCCCN5CCOCC5)ccn4n3)cc2)NO1. The third kappa shape index (κ3) is 7.70. The predicted molar refractivity (Wildman–Crippen MR) is 152 cm³/mol. The Kier molecular flexibility index (Phi) is 8.81. The van der Waals surface area contributed by atoms with Crippen LogP contribution >= 0.6 is 0 Å². The maximum absolute atomic E-state index is 10.3. The van der Waals surface area contributed by atoms with Crippen LogP contribution in [0.4, 0.5) is 5.69 Å². The highest BCUT2D eigenvalue weighted by atomic mass is 16.7. The number of aliphatic hydroxyl groups is 1. The van der Waals surface area contributed by atoms with Crippen molar-refractivity contribution in [1.82, 2.24) is 25.0 Å². The lowest BCUT2D eigenvalue weighted by Gasteiger charge is -2.26. The fraction of sp³-hybridized carbons (Fsp3) is 0.483. The number of morpholine rings is 1. The number of benzene rings is 1. The molecule has 11 heteroatoms. The molecule has 2 unspecified atom stereocenters. The van der Waals surface area contributed by atoms with Crippen LogP contribution in [0.5, 0.6) is 5.88 Å². The standard InChI is InChI=1S/C29H37N7O4/c1-29(2,3)24-20-25(34-40-24)31-28(37)30-22-8-5-21(6-9-22)7-10-23-19-26-32-27(11-13-36(26)33-23)39-16-4-12-35-14-17-38-18-15-35/h5-6,8-9,11,13,19,24,28,30,37H,4,12,14-18,20H2,1-3H3,(H,31,34). The molecule has 11 nitrogen and oxygen atoms in total. The topological polar surface area (TPSA) is 118 Å². The molecule has 0 radical (unpaired) electrons. The summed E-state index contributed by atoms with van der Waals surface area (Å²) in [6, 6.07) is 11.1. The van der Waals surface area contributed by atoms with Gasteiger partial charge in [0.1, 0.15) is 11.5 Å². The Labute approximate surface area is 234 Å². The Balaban J connectivity index is 1.11. The van der Waals surface area contributed by atoms with Crippen molar-refractivity contribution < 1.29 is 19.4 Å². The van der Waals surface area contributed by atoms with E-state index in [2.05, 4.69) is 63.4 Å². The van der Waals surface area contributed by atoms with Gasteiger partial charge in [0.15, 0.2) is 5.65 Å². The second kappa shape index (κ2) is 12.7. The van der Waals surface area contributed by atoms with Gasteiger partial charge in [-0.25, -0.2) is 9.51 Å². The molecule has 2 aliphatic rings. The number of nitrogens with one attached hydrogen (secondary N) is 2. The maximum atomic E-state index is 10.3. The molecule has 0 bridgehead atoms. The number of ether oxygens (including phenoxy) is 2. The summed E-state index contributed by atoms with van der Waals surface area (Å²) in [6.07, 6.45) is 2.31. The number of nitrogens with zero attached hydrogens (tertiary/aromatic N) is 5. The Bertz CT molecular complexity index is 1370. The number of fused-ring (bicyclic) bond motifs is 1. The molecule has 3 aromatic rings. The molecule has 2 fully saturated rings. The molecule has 4 heterocycles. The molecule has 5 rings (SSSR count). The number of hydrogen-bond acceptors (Lipinski definition) is 9. The largest absolute Gasteiger partial charge is 0.478 e. The molecule has 2 atom stereocenters. The first kappa shape index (κ1) is 27.9. The van der Waals surface area contributed by atoms with Gasteiger partial charge in [0.05, 0.1) is 25.9 Å². The molecular weight excluding hydrogens is 510 g/mol. The van der Waals surface area contributed by atoms with Crippen molar-refractivity contribution in [1.29, 1.82) is 0 Å². The van der Waals surface area contributed by atoms with Crippen LogP contribution in [0, 0.1) is 17.3 Å². The van der Waals surface area contributed by atoms with E-state index in [9.17, 15) is 5.11 Å². The zero-order valence-electron chi connectivity index (χ0n) is 23.3. The quantitative estimate of drug-likeness (QED) is 0.222. The fourth-order valence-electron chi connectivity index (χ4n) is 4.37. The summed E-state index contributed by atoms with van der Waals surface area (Å²) in [4.78, 5) is 16.8. The van der Waals surface area contributed by atoms with E-state index in [0.29, 0.717) is 36.1 Å². The number of rotatable bonds is 8. The van der Waals surface area contributed by atoms with Crippen LogP contribution in [-0.4, -0.2) is 82.4 Å². The van der Waals surface area contributed by atoms with E-state index in [1.807, 2.05) is 42.6 Å². The third-order valence-corrected chi connectivity index (χ3v) is 6.73. The van der Waals surface area contributed by atoms with E-state index in [0.717, 1.165) is 50.5 Å². The summed E-state index contributed by atoms with van der Waals surface area (Å²) in [7, 11) is 0. The molecule has 3 N–H and O–H groups in total. The van der Waals surface area contributed by atoms with Crippen LogP contribution in [0.1, 0.15) is 44.9 Å². The molecule has 212 valence electrons. The molecule has 0 spiro atoms. The van der Waals surface area contributed by atoms with E-state index in [1.165, 1.54) is 0 Å². The highest BCUT2D eigenvalue weighted by molar-refractivity contribution is 5.83. The highest BCUT2D eigenvalue weighted by Crippen LogP contribution is 2.27. The maximum Gasteiger partial charge on any atom is 0.224 e.